The van der Waals surface area contributed by atoms with Gasteiger partial charge >= 0.3 is 6.03 Å². The quantitative estimate of drug-likeness (QED) is 0.515. The van der Waals surface area contributed by atoms with Crippen molar-refractivity contribution >= 4 is 17.8 Å². The zero-order valence-corrected chi connectivity index (χ0v) is 20.9. The lowest BCUT2D eigenvalue weighted by molar-refractivity contribution is -0.132. The number of hydrogen-bond acceptors (Lipinski definition) is 7. The summed E-state index contributed by atoms with van der Waals surface area (Å²) in [5.74, 6) is 2.06. The predicted molar refractivity (Wildman–Crippen MR) is 136 cm³/mol. The van der Waals surface area contributed by atoms with Crippen LogP contribution in [-0.2, 0) is 11.3 Å². The minimum atomic E-state index is -0.292. The zero-order chi connectivity index (χ0) is 25.5. The number of nitrogens with one attached hydrogen (secondary N) is 1. The highest BCUT2D eigenvalue weighted by Crippen LogP contribution is 2.23. The van der Waals surface area contributed by atoms with Crippen molar-refractivity contribution in [3.05, 3.63) is 60.6 Å². The normalized spacial score (nSPS) is 13.6. The minimum Gasteiger partial charge on any atom is -0.497 e. The van der Waals surface area contributed by atoms with Gasteiger partial charge in [0, 0.05) is 37.8 Å². The van der Waals surface area contributed by atoms with Gasteiger partial charge in [0.15, 0.2) is 5.82 Å². The van der Waals surface area contributed by atoms with Crippen LogP contribution in [0.5, 0.6) is 5.75 Å². The summed E-state index contributed by atoms with van der Waals surface area (Å²) in [6.07, 6.45) is 1.56. The molecule has 0 radical (unpaired) electrons. The number of urea groups is 1. The topological polar surface area (TPSA) is 104 Å². The number of anilines is 1. The van der Waals surface area contributed by atoms with Crippen LogP contribution in [0.4, 0.5) is 10.6 Å². The molecule has 0 atom stereocenters. The Hall–Kier alpha value is -4.08. The molecule has 1 aliphatic heterocycles. The first-order valence-electron chi connectivity index (χ1n) is 12.0. The Morgan fingerprint density at radius 2 is 1.89 bits per heavy atom. The number of piperazine rings is 1. The van der Waals surface area contributed by atoms with Crippen LogP contribution in [0.1, 0.15) is 19.6 Å². The Labute approximate surface area is 210 Å². The van der Waals surface area contributed by atoms with Crippen LogP contribution in [0.15, 0.2) is 59.2 Å². The molecule has 0 spiro atoms. The van der Waals surface area contributed by atoms with Crippen molar-refractivity contribution in [1.82, 2.24) is 25.3 Å². The van der Waals surface area contributed by atoms with Gasteiger partial charge in [0.05, 0.1) is 25.6 Å². The first kappa shape index (κ1) is 25.0. The second-order valence-electron chi connectivity index (χ2n) is 8.92. The van der Waals surface area contributed by atoms with E-state index in [1.54, 1.807) is 30.4 Å². The maximum atomic E-state index is 13.0. The number of carbonyl (C=O) groups is 2. The Morgan fingerprint density at radius 3 is 2.53 bits per heavy atom. The summed E-state index contributed by atoms with van der Waals surface area (Å²) < 4.78 is 10.7. The van der Waals surface area contributed by atoms with Gasteiger partial charge in [-0.15, -0.1) is 10.2 Å². The van der Waals surface area contributed by atoms with Crippen molar-refractivity contribution in [2.45, 2.75) is 26.4 Å². The second kappa shape index (κ2) is 11.6. The molecule has 3 heterocycles. The maximum Gasteiger partial charge on any atom is 0.318 e. The van der Waals surface area contributed by atoms with E-state index in [0.29, 0.717) is 31.9 Å². The van der Waals surface area contributed by atoms with Crippen LogP contribution in [0, 0.1) is 0 Å². The number of furan rings is 1. The van der Waals surface area contributed by atoms with E-state index >= 15 is 0 Å². The van der Waals surface area contributed by atoms with E-state index in [0.717, 1.165) is 22.8 Å². The summed E-state index contributed by atoms with van der Waals surface area (Å²) in [7, 11) is 1.63. The minimum absolute atomic E-state index is 0.0195. The van der Waals surface area contributed by atoms with E-state index in [2.05, 4.69) is 20.4 Å². The molecular formula is C26H32N6O4. The number of methoxy groups -OCH3 is 1. The molecule has 0 bridgehead atoms. The molecule has 2 aromatic heterocycles. The molecule has 10 heteroatoms. The van der Waals surface area contributed by atoms with Crippen molar-refractivity contribution in [3.63, 3.8) is 0 Å². The lowest BCUT2D eigenvalue weighted by Gasteiger charge is -2.36. The smallest absolute Gasteiger partial charge is 0.318 e. The first-order chi connectivity index (χ1) is 17.4. The first-order valence-corrected chi connectivity index (χ1v) is 12.0. The highest BCUT2D eigenvalue weighted by Gasteiger charge is 2.26. The molecule has 0 aliphatic carbocycles. The summed E-state index contributed by atoms with van der Waals surface area (Å²) in [5.41, 5.74) is 1.70. The molecule has 3 amide bonds. The van der Waals surface area contributed by atoms with Gasteiger partial charge in [-0.3, -0.25) is 4.79 Å². The maximum absolute atomic E-state index is 13.0. The summed E-state index contributed by atoms with van der Waals surface area (Å²) in [4.78, 5) is 31.1. The molecule has 1 aromatic carbocycles. The number of benzene rings is 1. The summed E-state index contributed by atoms with van der Waals surface area (Å²) in [6, 6.07) is 14.8. The molecule has 190 valence electrons. The molecule has 1 N–H and O–H groups in total. The standard InChI is InChI=1S/C26H32N6O4/c1-19(2)27-26(34)32(17-22-8-5-15-36-22)18-25(33)31-13-11-30(12-14-31)24-10-9-23(28-29-24)20-6-4-7-21(16-20)35-3/h4-10,15-16,19H,11-14,17-18H2,1-3H3,(H,27,34). The van der Waals surface area contributed by atoms with Gasteiger partial charge in [-0.05, 0) is 50.2 Å². The van der Waals surface area contributed by atoms with Crippen LogP contribution >= 0.6 is 0 Å². The molecule has 10 nitrogen and oxygen atoms in total. The number of aromatic nitrogens is 2. The fourth-order valence-corrected chi connectivity index (χ4v) is 4.01. The molecular weight excluding hydrogens is 460 g/mol. The van der Waals surface area contributed by atoms with Crippen molar-refractivity contribution in [3.8, 4) is 17.0 Å². The van der Waals surface area contributed by atoms with Crippen molar-refractivity contribution < 1.29 is 18.7 Å². The van der Waals surface area contributed by atoms with Crippen LogP contribution in [0.2, 0.25) is 0 Å². The van der Waals surface area contributed by atoms with Gasteiger partial charge in [-0.25, -0.2) is 4.79 Å². The highest BCUT2D eigenvalue weighted by atomic mass is 16.5. The zero-order valence-electron chi connectivity index (χ0n) is 20.9. The molecule has 1 aliphatic rings. The van der Waals surface area contributed by atoms with Gasteiger partial charge in [-0.2, -0.15) is 0 Å². The van der Waals surface area contributed by atoms with E-state index in [-0.39, 0.29) is 31.1 Å². The Bertz CT molecular complexity index is 1140. The van der Waals surface area contributed by atoms with Gasteiger partial charge in [0.25, 0.3) is 0 Å². The van der Waals surface area contributed by atoms with Gasteiger partial charge in [0.1, 0.15) is 18.1 Å². The Morgan fingerprint density at radius 1 is 1.08 bits per heavy atom. The Balaban J connectivity index is 1.34. The van der Waals surface area contributed by atoms with E-state index in [9.17, 15) is 9.59 Å². The summed E-state index contributed by atoms with van der Waals surface area (Å²) >= 11 is 0. The van der Waals surface area contributed by atoms with Crippen LogP contribution < -0.4 is 15.0 Å². The molecule has 0 unspecified atom stereocenters. The van der Waals surface area contributed by atoms with E-state index < -0.39 is 0 Å². The number of ether oxygens (including phenoxy) is 1. The lowest BCUT2D eigenvalue weighted by Crippen LogP contribution is -2.53. The van der Waals surface area contributed by atoms with Gasteiger partial charge in [-0.1, -0.05) is 12.1 Å². The molecule has 36 heavy (non-hydrogen) atoms. The predicted octanol–water partition coefficient (Wildman–Crippen LogP) is 3.01. The molecule has 3 aromatic rings. The Kier molecular flexibility index (Phi) is 8.04. The molecule has 1 saturated heterocycles. The molecule has 4 rings (SSSR count). The SMILES string of the molecule is COc1cccc(-c2ccc(N3CCN(C(=O)CN(Cc4ccco4)C(=O)NC(C)C)CC3)nn2)c1. The van der Waals surface area contributed by atoms with Crippen molar-refractivity contribution in [2.24, 2.45) is 0 Å². The lowest BCUT2D eigenvalue weighted by atomic mass is 10.1. The third-order valence-corrected chi connectivity index (χ3v) is 5.92. The third-order valence-electron chi connectivity index (χ3n) is 5.92. The average Bonchev–Trinajstić information content (AvgIpc) is 3.41. The number of carbonyl (C=O) groups excluding carboxylic acids is 2. The van der Waals surface area contributed by atoms with Crippen LogP contribution in [0.3, 0.4) is 0 Å². The van der Waals surface area contributed by atoms with Crippen LogP contribution in [0.25, 0.3) is 11.3 Å². The molecule has 0 saturated carbocycles. The van der Waals surface area contributed by atoms with Crippen molar-refractivity contribution in [1.29, 1.82) is 0 Å². The largest absolute Gasteiger partial charge is 0.497 e. The van der Waals surface area contributed by atoms with Crippen LogP contribution in [-0.4, -0.2) is 77.8 Å². The monoisotopic (exact) mass is 492 g/mol. The fourth-order valence-electron chi connectivity index (χ4n) is 4.01. The fraction of sp³-hybridized carbons (Fsp3) is 0.385. The van der Waals surface area contributed by atoms with E-state index in [4.69, 9.17) is 9.15 Å². The number of amides is 3. The van der Waals surface area contributed by atoms with Crippen molar-refractivity contribution in [2.75, 3.05) is 44.7 Å². The third kappa shape index (κ3) is 6.32. The summed E-state index contributed by atoms with van der Waals surface area (Å²) in [5, 5.41) is 11.6. The summed E-state index contributed by atoms with van der Waals surface area (Å²) in [6.45, 7) is 6.33. The van der Waals surface area contributed by atoms with Gasteiger partial charge < -0.3 is 29.2 Å². The second-order valence-corrected chi connectivity index (χ2v) is 8.92. The number of rotatable bonds is 8. The number of hydrogen-bond donors (Lipinski definition) is 1. The molecule has 1 fully saturated rings. The van der Waals surface area contributed by atoms with E-state index in [1.165, 1.54) is 4.90 Å². The number of nitrogens with zero attached hydrogens (tertiary/aromatic N) is 5. The average molecular weight is 493 g/mol. The van der Waals surface area contributed by atoms with Gasteiger partial charge in [0.2, 0.25) is 5.91 Å². The highest BCUT2D eigenvalue weighted by molar-refractivity contribution is 5.84. The van der Waals surface area contributed by atoms with E-state index in [1.807, 2.05) is 50.2 Å².